The molecule has 6 nitrogen and oxygen atoms in total. The van der Waals surface area contributed by atoms with Crippen LogP contribution in [0.4, 0.5) is 11.4 Å². The predicted molar refractivity (Wildman–Crippen MR) is 112 cm³/mol. The van der Waals surface area contributed by atoms with E-state index in [-0.39, 0.29) is 17.2 Å². The van der Waals surface area contributed by atoms with E-state index in [2.05, 4.69) is 29.2 Å². The average Bonchev–Trinajstić information content (AvgIpc) is 2.72. The first kappa shape index (κ1) is 19.4. The Hall–Kier alpha value is -3.41. The Morgan fingerprint density at radius 2 is 1.64 bits per heavy atom. The molecule has 1 heterocycles. The number of carbonyl (C=O) groups excluding carboxylic acids is 1. The molecule has 0 aliphatic carbocycles. The van der Waals surface area contributed by atoms with Crippen LogP contribution >= 0.6 is 0 Å². The van der Waals surface area contributed by atoms with Crippen molar-refractivity contribution in [1.29, 1.82) is 0 Å². The lowest BCUT2D eigenvalue weighted by atomic mass is 10.2. The fourth-order valence-electron chi connectivity index (χ4n) is 2.98. The maximum absolute atomic E-state index is 12.6. The van der Waals surface area contributed by atoms with Crippen molar-refractivity contribution in [2.75, 3.05) is 23.3 Å². The molecule has 0 aliphatic heterocycles. The number of anilines is 2. The van der Waals surface area contributed by atoms with Gasteiger partial charge in [-0.3, -0.25) is 9.59 Å². The van der Waals surface area contributed by atoms with E-state index in [1.807, 2.05) is 54.6 Å². The molecule has 0 unspecified atom stereocenters. The number of hydrogen-bond acceptors (Lipinski definition) is 4. The van der Waals surface area contributed by atoms with Crippen molar-refractivity contribution in [2.45, 2.75) is 20.4 Å². The molecule has 28 heavy (non-hydrogen) atoms. The van der Waals surface area contributed by atoms with E-state index in [4.69, 9.17) is 0 Å². The minimum absolute atomic E-state index is 0.198. The summed E-state index contributed by atoms with van der Waals surface area (Å²) in [6.45, 7) is 6.38. The Kier molecular flexibility index (Phi) is 6.22. The van der Waals surface area contributed by atoms with Crippen LogP contribution in [0, 0.1) is 0 Å². The Bertz CT molecular complexity index is 977. The fraction of sp³-hybridized carbons (Fsp3) is 0.227. The first-order valence-corrected chi connectivity index (χ1v) is 9.39. The van der Waals surface area contributed by atoms with Crippen LogP contribution in [0.5, 0.6) is 0 Å². The number of carbonyl (C=O) groups is 1. The van der Waals surface area contributed by atoms with E-state index >= 15 is 0 Å². The molecular formula is C22H24N4O2. The van der Waals surface area contributed by atoms with Gasteiger partial charge in [0, 0.05) is 30.5 Å². The number of nitrogens with zero attached hydrogens (tertiary/aromatic N) is 3. The zero-order valence-electron chi connectivity index (χ0n) is 16.1. The largest absolute Gasteiger partial charge is 0.372 e. The van der Waals surface area contributed by atoms with Gasteiger partial charge in [0.05, 0.1) is 6.54 Å². The van der Waals surface area contributed by atoms with E-state index in [0.29, 0.717) is 12.2 Å². The summed E-state index contributed by atoms with van der Waals surface area (Å²) in [5.74, 6) is -0.350. The highest BCUT2D eigenvalue weighted by Crippen LogP contribution is 2.18. The molecule has 6 heteroatoms. The predicted octanol–water partition coefficient (Wildman–Crippen LogP) is 3.39. The van der Waals surface area contributed by atoms with E-state index in [1.54, 1.807) is 0 Å². The number of aromatic nitrogens is 2. The SMILES string of the molecule is CCN(CC)c1ccc(NC(=O)c2ccc(=O)n(Cc3ccccc3)n2)cc1. The van der Waals surface area contributed by atoms with Crippen LogP contribution in [0.1, 0.15) is 29.9 Å². The minimum atomic E-state index is -0.350. The second kappa shape index (κ2) is 8.99. The van der Waals surface area contributed by atoms with Crippen molar-refractivity contribution in [2.24, 2.45) is 0 Å². The Morgan fingerprint density at radius 1 is 0.964 bits per heavy atom. The molecule has 1 N–H and O–H groups in total. The summed E-state index contributed by atoms with van der Waals surface area (Å²) in [5, 5.41) is 7.06. The molecule has 0 aliphatic rings. The van der Waals surface area contributed by atoms with Crippen molar-refractivity contribution in [3.63, 3.8) is 0 Å². The van der Waals surface area contributed by atoms with Gasteiger partial charge in [0.1, 0.15) is 5.69 Å². The third-order valence-electron chi connectivity index (χ3n) is 4.53. The molecule has 0 bridgehead atoms. The van der Waals surface area contributed by atoms with Crippen molar-refractivity contribution < 1.29 is 4.79 Å². The molecule has 2 aromatic carbocycles. The highest BCUT2D eigenvalue weighted by molar-refractivity contribution is 6.02. The zero-order valence-corrected chi connectivity index (χ0v) is 16.1. The highest BCUT2D eigenvalue weighted by Gasteiger charge is 2.11. The van der Waals surface area contributed by atoms with Crippen LogP contribution in [0.25, 0.3) is 0 Å². The van der Waals surface area contributed by atoms with Crippen molar-refractivity contribution in [1.82, 2.24) is 9.78 Å². The second-order valence-corrected chi connectivity index (χ2v) is 6.37. The summed E-state index contributed by atoms with van der Waals surface area (Å²) in [7, 11) is 0. The molecule has 1 amide bonds. The van der Waals surface area contributed by atoms with Gasteiger partial charge in [0.25, 0.3) is 11.5 Å². The number of amides is 1. The number of rotatable bonds is 7. The molecule has 0 fully saturated rings. The summed E-state index contributed by atoms with van der Waals surface area (Å²) >= 11 is 0. The summed E-state index contributed by atoms with van der Waals surface area (Å²) < 4.78 is 1.30. The molecule has 0 spiro atoms. The zero-order chi connectivity index (χ0) is 19.9. The summed E-state index contributed by atoms with van der Waals surface area (Å²) in [6, 6.07) is 20.1. The minimum Gasteiger partial charge on any atom is -0.372 e. The lowest BCUT2D eigenvalue weighted by molar-refractivity contribution is 0.102. The lowest BCUT2D eigenvalue weighted by Crippen LogP contribution is -2.26. The molecule has 3 rings (SSSR count). The fourth-order valence-corrected chi connectivity index (χ4v) is 2.98. The van der Waals surface area contributed by atoms with Gasteiger partial charge < -0.3 is 10.2 Å². The maximum atomic E-state index is 12.6. The van der Waals surface area contributed by atoms with E-state index in [1.165, 1.54) is 16.8 Å². The number of hydrogen-bond donors (Lipinski definition) is 1. The standard InChI is InChI=1S/C22H24N4O2/c1-3-25(4-2)19-12-10-18(11-13-19)23-22(28)20-14-15-21(27)26(24-20)16-17-8-6-5-7-9-17/h5-15H,3-4,16H2,1-2H3,(H,23,28). The molecule has 0 atom stereocenters. The molecule has 144 valence electrons. The van der Waals surface area contributed by atoms with Gasteiger partial charge >= 0.3 is 0 Å². The quantitative estimate of drug-likeness (QED) is 0.686. The summed E-state index contributed by atoms with van der Waals surface area (Å²) in [4.78, 5) is 26.9. The van der Waals surface area contributed by atoms with Crippen LogP contribution < -0.4 is 15.8 Å². The van der Waals surface area contributed by atoms with Gasteiger partial charge in [0.15, 0.2) is 0 Å². The van der Waals surface area contributed by atoms with Gasteiger partial charge in [-0.1, -0.05) is 30.3 Å². The first-order valence-electron chi connectivity index (χ1n) is 9.39. The topological polar surface area (TPSA) is 67.2 Å². The van der Waals surface area contributed by atoms with E-state index in [9.17, 15) is 9.59 Å². The van der Waals surface area contributed by atoms with Gasteiger partial charge in [-0.15, -0.1) is 0 Å². The highest BCUT2D eigenvalue weighted by atomic mass is 16.2. The van der Waals surface area contributed by atoms with E-state index in [0.717, 1.165) is 24.3 Å². The van der Waals surface area contributed by atoms with Crippen LogP contribution in [-0.4, -0.2) is 28.8 Å². The summed E-state index contributed by atoms with van der Waals surface area (Å²) in [5.41, 5.74) is 2.69. The van der Waals surface area contributed by atoms with Gasteiger partial charge in [-0.25, -0.2) is 4.68 Å². The van der Waals surface area contributed by atoms with Crippen LogP contribution in [-0.2, 0) is 6.54 Å². The molecule has 0 saturated carbocycles. The normalized spacial score (nSPS) is 10.5. The van der Waals surface area contributed by atoms with Crippen molar-refractivity contribution in [3.8, 4) is 0 Å². The molecule has 1 aromatic heterocycles. The first-order chi connectivity index (χ1) is 13.6. The number of benzene rings is 2. The van der Waals surface area contributed by atoms with Gasteiger partial charge in [-0.05, 0) is 49.7 Å². The second-order valence-electron chi connectivity index (χ2n) is 6.37. The Balaban J connectivity index is 1.74. The number of nitrogens with one attached hydrogen (secondary N) is 1. The molecule has 0 radical (unpaired) electrons. The third-order valence-corrected chi connectivity index (χ3v) is 4.53. The third kappa shape index (κ3) is 4.65. The van der Waals surface area contributed by atoms with E-state index < -0.39 is 0 Å². The molecule has 0 saturated heterocycles. The van der Waals surface area contributed by atoms with Gasteiger partial charge in [-0.2, -0.15) is 5.10 Å². The van der Waals surface area contributed by atoms with Gasteiger partial charge in [0.2, 0.25) is 0 Å². The smallest absolute Gasteiger partial charge is 0.276 e. The summed E-state index contributed by atoms with van der Waals surface area (Å²) in [6.07, 6.45) is 0. The van der Waals surface area contributed by atoms with Crippen LogP contribution in [0.2, 0.25) is 0 Å². The van der Waals surface area contributed by atoms with Crippen molar-refractivity contribution >= 4 is 17.3 Å². The molecular weight excluding hydrogens is 352 g/mol. The van der Waals surface area contributed by atoms with Crippen LogP contribution in [0.15, 0.2) is 71.5 Å². The molecule has 3 aromatic rings. The van der Waals surface area contributed by atoms with Crippen molar-refractivity contribution in [3.05, 3.63) is 88.3 Å². The monoisotopic (exact) mass is 376 g/mol. The Labute approximate surface area is 164 Å². The average molecular weight is 376 g/mol. The maximum Gasteiger partial charge on any atom is 0.276 e. The lowest BCUT2D eigenvalue weighted by Gasteiger charge is -2.21. The van der Waals surface area contributed by atoms with Crippen LogP contribution in [0.3, 0.4) is 0 Å². The Morgan fingerprint density at radius 3 is 2.29 bits per heavy atom.